The smallest absolute Gasteiger partial charge is 0.418 e. The highest BCUT2D eigenvalue weighted by Gasteiger charge is 2.38. The number of hydrogen-bond donors (Lipinski definition) is 3. The van der Waals surface area contributed by atoms with Gasteiger partial charge in [0.2, 0.25) is 0 Å². The molecule has 1 aromatic carbocycles. The fraction of sp³-hybridized carbons (Fsp3) is 0.355. The van der Waals surface area contributed by atoms with Gasteiger partial charge in [-0.1, -0.05) is 18.2 Å². The van der Waals surface area contributed by atoms with E-state index in [1.807, 2.05) is 50.3 Å². The number of nitrogens with two attached hydrogens (primary N) is 3. The molecule has 10 nitrogen and oxygen atoms in total. The highest BCUT2D eigenvalue weighted by molar-refractivity contribution is 5.96. The van der Waals surface area contributed by atoms with E-state index in [0.29, 0.717) is 18.9 Å². The van der Waals surface area contributed by atoms with Crippen LogP contribution in [0.1, 0.15) is 37.9 Å². The summed E-state index contributed by atoms with van der Waals surface area (Å²) in [6.45, 7) is 5.40. The van der Waals surface area contributed by atoms with Crippen molar-refractivity contribution >= 4 is 29.1 Å². The van der Waals surface area contributed by atoms with Gasteiger partial charge in [-0.25, -0.2) is 9.98 Å². The number of aromatic nitrogens is 2. The van der Waals surface area contributed by atoms with Crippen molar-refractivity contribution in [1.29, 1.82) is 0 Å². The van der Waals surface area contributed by atoms with Crippen molar-refractivity contribution in [2.45, 2.75) is 44.1 Å². The molecule has 0 bridgehead atoms. The summed E-state index contributed by atoms with van der Waals surface area (Å²) in [6.07, 6.45) is 3.04. The van der Waals surface area contributed by atoms with E-state index >= 15 is 0 Å². The molecular weight excluding hydrogens is 571 g/mol. The number of hydrogen-bond acceptors (Lipinski definition) is 10. The molecule has 0 amide bonds. The van der Waals surface area contributed by atoms with Crippen LogP contribution in [0.15, 0.2) is 71.0 Å². The summed E-state index contributed by atoms with van der Waals surface area (Å²) >= 11 is 0. The molecule has 44 heavy (non-hydrogen) atoms. The van der Waals surface area contributed by atoms with Gasteiger partial charge in [-0.2, -0.15) is 13.2 Å². The number of aliphatic imine (C=N–C) groups is 1. The number of amidine groups is 1. The molecule has 2 aromatic heterocycles. The zero-order valence-electron chi connectivity index (χ0n) is 24.8. The lowest BCUT2D eigenvalue weighted by molar-refractivity contribution is -0.138. The predicted molar refractivity (Wildman–Crippen MR) is 165 cm³/mol. The van der Waals surface area contributed by atoms with Crippen molar-refractivity contribution < 1.29 is 17.9 Å². The summed E-state index contributed by atoms with van der Waals surface area (Å²) in [5.74, 6) is 0.743. The summed E-state index contributed by atoms with van der Waals surface area (Å²) in [4.78, 5) is 20.8. The van der Waals surface area contributed by atoms with Crippen molar-refractivity contribution in [1.82, 2.24) is 9.97 Å². The van der Waals surface area contributed by atoms with Gasteiger partial charge in [-0.3, -0.25) is 9.98 Å². The molecule has 232 valence electrons. The van der Waals surface area contributed by atoms with Gasteiger partial charge in [-0.15, -0.1) is 0 Å². The molecule has 1 atom stereocenters. The van der Waals surface area contributed by atoms with Gasteiger partial charge in [-0.05, 0) is 62.2 Å². The molecule has 1 unspecified atom stereocenters. The first-order chi connectivity index (χ1) is 20.8. The van der Waals surface area contributed by atoms with Crippen LogP contribution in [-0.2, 0) is 6.18 Å². The van der Waals surface area contributed by atoms with Crippen LogP contribution in [0.4, 0.5) is 24.7 Å². The third-order valence-electron chi connectivity index (χ3n) is 7.62. The Morgan fingerprint density at radius 1 is 1.00 bits per heavy atom. The second-order valence-electron chi connectivity index (χ2n) is 11.5. The van der Waals surface area contributed by atoms with Gasteiger partial charge < -0.3 is 31.7 Å². The largest absolute Gasteiger partial charge is 0.495 e. The molecule has 1 fully saturated rings. The monoisotopic (exact) mass is 607 g/mol. The number of rotatable bonds is 4. The highest BCUT2D eigenvalue weighted by Crippen LogP contribution is 2.40. The molecular formula is C31H36F3N9O. The minimum Gasteiger partial charge on any atom is -0.495 e. The highest BCUT2D eigenvalue weighted by atomic mass is 19.4. The number of anilines is 2. The molecule has 5 heterocycles. The molecule has 13 heteroatoms. The summed E-state index contributed by atoms with van der Waals surface area (Å²) < 4.78 is 46.8. The Morgan fingerprint density at radius 2 is 1.73 bits per heavy atom. The van der Waals surface area contributed by atoms with Crippen molar-refractivity contribution in [3.05, 3.63) is 82.9 Å². The number of benzene rings is 1. The molecule has 6 rings (SSSR count). The predicted octanol–water partition coefficient (Wildman–Crippen LogP) is 2.77. The average molecular weight is 608 g/mol. The van der Waals surface area contributed by atoms with Crippen LogP contribution in [0, 0.1) is 0 Å². The zero-order chi connectivity index (χ0) is 31.7. The number of fused-ring (bicyclic) bond motifs is 1. The third kappa shape index (κ3) is 6.84. The molecule has 3 aliphatic heterocycles. The van der Waals surface area contributed by atoms with Crippen LogP contribution in [-0.4, -0.2) is 53.7 Å². The SMILES string of the molecule is CC1(N)C=c2ccccc2=N1.COc1cnc(C2=CN=C(N)CN2c2ncccc2N2CCC(C)(N)CC2)c(C(F)(F)F)c1. The number of ether oxygens (including phenoxy) is 1. The Balaban J connectivity index is 0.000000291. The van der Waals surface area contributed by atoms with E-state index in [2.05, 4.69) is 24.9 Å². The summed E-state index contributed by atoms with van der Waals surface area (Å²) in [7, 11) is 1.29. The van der Waals surface area contributed by atoms with E-state index in [1.54, 1.807) is 17.2 Å². The maximum atomic E-state index is 13.9. The van der Waals surface area contributed by atoms with E-state index < -0.39 is 17.4 Å². The van der Waals surface area contributed by atoms with Crippen LogP contribution >= 0.6 is 0 Å². The zero-order valence-corrected chi connectivity index (χ0v) is 24.8. The molecule has 0 spiro atoms. The lowest BCUT2D eigenvalue weighted by atomic mass is 9.91. The van der Waals surface area contributed by atoms with Crippen LogP contribution < -0.4 is 42.3 Å². The minimum atomic E-state index is -4.65. The fourth-order valence-electron chi connectivity index (χ4n) is 5.28. The van der Waals surface area contributed by atoms with Gasteiger partial charge in [0.25, 0.3) is 0 Å². The Hall–Kier alpha value is -4.49. The molecule has 6 N–H and O–H groups in total. The lowest BCUT2D eigenvalue weighted by Gasteiger charge is -2.40. The van der Waals surface area contributed by atoms with Crippen LogP contribution in [0.3, 0.4) is 0 Å². The average Bonchev–Trinajstić information content (AvgIpc) is 3.30. The van der Waals surface area contributed by atoms with E-state index in [1.165, 1.54) is 19.5 Å². The molecule has 3 aromatic rings. The summed E-state index contributed by atoms with van der Waals surface area (Å²) in [6, 6.07) is 12.6. The first-order valence-electron chi connectivity index (χ1n) is 14.1. The second-order valence-corrected chi connectivity index (χ2v) is 11.5. The van der Waals surface area contributed by atoms with Gasteiger partial charge in [0.15, 0.2) is 5.82 Å². The second kappa shape index (κ2) is 11.9. The lowest BCUT2D eigenvalue weighted by Crippen LogP contribution is -2.48. The van der Waals surface area contributed by atoms with Gasteiger partial charge in [0.05, 0.1) is 48.4 Å². The number of piperidine rings is 1. The van der Waals surface area contributed by atoms with Crippen LogP contribution in [0.25, 0.3) is 11.8 Å². The van der Waals surface area contributed by atoms with Crippen LogP contribution in [0.2, 0.25) is 0 Å². The van der Waals surface area contributed by atoms with Crippen molar-refractivity contribution in [2.75, 3.05) is 36.5 Å². The molecule has 3 aliphatic rings. The van der Waals surface area contributed by atoms with Crippen LogP contribution in [0.5, 0.6) is 5.75 Å². The Bertz CT molecular complexity index is 1670. The van der Waals surface area contributed by atoms with Crippen molar-refractivity contribution in [2.24, 2.45) is 27.2 Å². The molecule has 0 aliphatic carbocycles. The normalized spacial score (nSPS) is 20.7. The topological polar surface area (TPSA) is 144 Å². The summed E-state index contributed by atoms with van der Waals surface area (Å²) in [5, 5.41) is 2.13. The quantitative estimate of drug-likeness (QED) is 0.411. The van der Waals surface area contributed by atoms with E-state index in [-0.39, 0.29) is 35.1 Å². The number of alkyl halides is 3. The van der Waals surface area contributed by atoms with E-state index in [9.17, 15) is 13.2 Å². The number of methoxy groups -OCH3 is 1. The third-order valence-corrected chi connectivity index (χ3v) is 7.62. The van der Waals surface area contributed by atoms with E-state index in [4.69, 9.17) is 21.9 Å². The molecule has 0 radical (unpaired) electrons. The maximum Gasteiger partial charge on any atom is 0.418 e. The molecule has 1 saturated heterocycles. The fourth-order valence-corrected chi connectivity index (χ4v) is 5.28. The Morgan fingerprint density at radius 3 is 2.41 bits per heavy atom. The Kier molecular flexibility index (Phi) is 8.36. The van der Waals surface area contributed by atoms with Gasteiger partial charge >= 0.3 is 6.18 Å². The first kappa shape index (κ1) is 31.0. The standard InChI is InChI=1S/C22H26F3N7O.C9H10N2/c1-21(27)5-8-31(9-6-21)16-4-3-7-28-20(16)32-13-18(26)29-12-17(32)19-15(22(23,24)25)10-14(33-2)11-30-19;1-9(10)6-7-4-2-3-5-8(7)11-9/h3-4,7,10-12H,5-6,8-9,13,27H2,1-2H3,(H2,26,29);2-6H,10H2,1H3. The number of halogens is 3. The maximum absolute atomic E-state index is 13.9. The van der Waals surface area contributed by atoms with Gasteiger partial charge in [0, 0.05) is 24.8 Å². The Labute approximate surface area is 253 Å². The van der Waals surface area contributed by atoms with Crippen molar-refractivity contribution in [3.63, 3.8) is 0 Å². The molecule has 0 saturated carbocycles. The number of pyridine rings is 2. The van der Waals surface area contributed by atoms with E-state index in [0.717, 1.165) is 35.2 Å². The first-order valence-corrected chi connectivity index (χ1v) is 14.1. The summed E-state index contributed by atoms with van der Waals surface area (Å²) in [5.41, 5.74) is 17.1. The minimum absolute atomic E-state index is 0.00808. The number of para-hydroxylation sites is 1. The van der Waals surface area contributed by atoms with Crippen molar-refractivity contribution in [3.8, 4) is 5.75 Å². The van der Waals surface area contributed by atoms with Gasteiger partial charge in [0.1, 0.15) is 22.9 Å². The number of nitrogens with zero attached hydrogens (tertiary/aromatic N) is 6.